The molecule has 0 unspecified atom stereocenters. The molecule has 2 aromatic rings. The molecule has 0 nitrogen and oxygen atoms in total. The van der Waals surface area contributed by atoms with Crippen LogP contribution in [0.15, 0.2) is 71.8 Å². The van der Waals surface area contributed by atoms with Crippen LogP contribution < -0.4 is 0 Å². The summed E-state index contributed by atoms with van der Waals surface area (Å²) >= 11 is 0. The van der Waals surface area contributed by atoms with Gasteiger partial charge in [-0.1, -0.05) is 60.1 Å². The molecule has 2 aromatic carbocycles. The molecule has 0 saturated heterocycles. The van der Waals surface area contributed by atoms with Gasteiger partial charge >= 0.3 is 0 Å². The molecule has 0 bridgehead atoms. The van der Waals surface area contributed by atoms with E-state index in [4.69, 9.17) is 0 Å². The van der Waals surface area contributed by atoms with E-state index >= 15 is 0 Å². The molecule has 0 aromatic heterocycles. The van der Waals surface area contributed by atoms with Crippen molar-refractivity contribution in [1.29, 1.82) is 0 Å². The van der Waals surface area contributed by atoms with Gasteiger partial charge in [-0.2, -0.15) is 0 Å². The highest BCUT2D eigenvalue weighted by molar-refractivity contribution is 5.51. The quantitative estimate of drug-likeness (QED) is 0.614. The van der Waals surface area contributed by atoms with Crippen molar-refractivity contribution in [3.8, 4) is 23.7 Å². The Morgan fingerprint density at radius 2 is 0.952 bits per heavy atom. The van der Waals surface area contributed by atoms with Crippen LogP contribution in [0.2, 0.25) is 0 Å². The number of hydrogen-bond acceptors (Lipinski definition) is 0. The van der Waals surface area contributed by atoms with E-state index in [2.05, 4.69) is 23.7 Å². The summed E-state index contributed by atoms with van der Waals surface area (Å²) in [6, 6.07) is 20.2. The van der Waals surface area contributed by atoms with Gasteiger partial charge in [0.1, 0.15) is 0 Å². The van der Waals surface area contributed by atoms with Crippen LogP contribution in [0.5, 0.6) is 0 Å². The van der Waals surface area contributed by atoms with Crippen LogP contribution in [0.3, 0.4) is 0 Å². The van der Waals surface area contributed by atoms with Crippen LogP contribution in [0, 0.1) is 23.7 Å². The monoisotopic (exact) mass is 268 g/mol. The molecular weight excluding hydrogens is 252 g/mol. The predicted molar refractivity (Wildman–Crippen MR) is 87.5 cm³/mol. The van der Waals surface area contributed by atoms with Crippen LogP contribution >= 0.6 is 0 Å². The molecule has 3 rings (SSSR count). The first kappa shape index (κ1) is 13.3. The molecule has 100 valence electrons. The second kappa shape index (κ2) is 6.65. The third-order valence-electron chi connectivity index (χ3n) is 3.48. The third kappa shape index (κ3) is 3.65. The molecule has 1 aliphatic carbocycles. The maximum absolute atomic E-state index is 3.31. The molecule has 0 spiro atoms. The minimum absolute atomic E-state index is 1.05. The topological polar surface area (TPSA) is 0 Å². The summed E-state index contributed by atoms with van der Waals surface area (Å²) in [7, 11) is 0. The Kier molecular flexibility index (Phi) is 4.21. The Morgan fingerprint density at radius 1 is 0.524 bits per heavy atom. The van der Waals surface area contributed by atoms with E-state index in [0.29, 0.717) is 0 Å². The van der Waals surface area contributed by atoms with Crippen LogP contribution in [0.4, 0.5) is 0 Å². The maximum Gasteiger partial charge on any atom is 0.0248 e. The molecule has 1 aliphatic rings. The Hall–Kier alpha value is -2.70. The largest absolute Gasteiger partial charge is 0.0651 e. The number of hydrogen-bond donors (Lipinski definition) is 0. The standard InChI is InChI=1S/C21H16/c1-3-8-18(9-4-1)14-16-20-12-7-13-21(20)17-15-19-10-5-2-6-11-19/h1-6,8-11H,7,12-13H2. The minimum atomic E-state index is 1.05. The van der Waals surface area contributed by atoms with Crippen LogP contribution in [-0.2, 0) is 0 Å². The normalized spacial score (nSPS) is 13.1. The molecule has 0 atom stereocenters. The zero-order chi connectivity index (χ0) is 14.3. The molecular formula is C21H16. The maximum atomic E-state index is 3.31. The lowest BCUT2D eigenvalue weighted by Crippen LogP contribution is -1.79. The van der Waals surface area contributed by atoms with E-state index in [1.54, 1.807) is 0 Å². The molecule has 21 heavy (non-hydrogen) atoms. The van der Waals surface area contributed by atoms with Crippen molar-refractivity contribution in [3.63, 3.8) is 0 Å². The summed E-state index contributed by atoms with van der Waals surface area (Å²) < 4.78 is 0. The fourth-order valence-electron chi connectivity index (χ4n) is 2.36. The number of allylic oxidation sites excluding steroid dienone is 2. The highest BCUT2D eigenvalue weighted by Gasteiger charge is 2.10. The first-order valence-electron chi connectivity index (χ1n) is 7.28. The van der Waals surface area contributed by atoms with Gasteiger partial charge in [-0.05, 0) is 43.5 Å². The smallest absolute Gasteiger partial charge is 0.0248 e. The molecule has 0 heteroatoms. The van der Waals surface area contributed by atoms with E-state index in [-0.39, 0.29) is 0 Å². The fourth-order valence-corrected chi connectivity index (χ4v) is 2.36. The Bertz CT molecular complexity index is 689. The first-order chi connectivity index (χ1) is 10.4. The van der Waals surface area contributed by atoms with Gasteiger partial charge in [0.05, 0.1) is 0 Å². The van der Waals surface area contributed by atoms with Crippen molar-refractivity contribution in [2.75, 3.05) is 0 Å². The SMILES string of the molecule is C(#Cc1ccccc1)C1=C(C#Cc2ccccc2)CCC1. The van der Waals surface area contributed by atoms with E-state index < -0.39 is 0 Å². The van der Waals surface area contributed by atoms with Crippen LogP contribution in [-0.4, -0.2) is 0 Å². The summed E-state index contributed by atoms with van der Waals surface area (Å²) in [6.45, 7) is 0. The second-order valence-electron chi connectivity index (χ2n) is 5.04. The van der Waals surface area contributed by atoms with Crippen molar-refractivity contribution in [2.45, 2.75) is 19.3 Å². The molecule has 0 heterocycles. The zero-order valence-corrected chi connectivity index (χ0v) is 11.9. The average molecular weight is 268 g/mol. The second-order valence-corrected chi connectivity index (χ2v) is 5.04. The molecule has 0 radical (unpaired) electrons. The Morgan fingerprint density at radius 3 is 1.38 bits per heavy atom. The molecule has 0 amide bonds. The summed E-state index contributed by atoms with van der Waals surface area (Å²) in [4.78, 5) is 0. The van der Waals surface area contributed by atoms with Gasteiger partial charge in [-0.3, -0.25) is 0 Å². The highest BCUT2D eigenvalue weighted by atomic mass is 14.1. The van der Waals surface area contributed by atoms with Gasteiger partial charge < -0.3 is 0 Å². The Labute approximate surface area is 126 Å². The fraction of sp³-hybridized carbons (Fsp3) is 0.143. The van der Waals surface area contributed by atoms with Crippen molar-refractivity contribution in [2.24, 2.45) is 0 Å². The van der Waals surface area contributed by atoms with E-state index in [1.807, 2.05) is 60.7 Å². The average Bonchev–Trinajstić information content (AvgIpc) is 3.00. The third-order valence-corrected chi connectivity index (χ3v) is 3.48. The van der Waals surface area contributed by atoms with Crippen LogP contribution in [0.25, 0.3) is 0 Å². The summed E-state index contributed by atoms with van der Waals surface area (Å²) in [6.07, 6.45) is 3.27. The lowest BCUT2D eigenvalue weighted by molar-refractivity contribution is 0.910. The summed E-state index contributed by atoms with van der Waals surface area (Å²) in [5, 5.41) is 0. The highest BCUT2D eigenvalue weighted by Crippen LogP contribution is 2.24. The van der Waals surface area contributed by atoms with E-state index in [1.165, 1.54) is 11.1 Å². The van der Waals surface area contributed by atoms with Crippen molar-refractivity contribution >= 4 is 0 Å². The van der Waals surface area contributed by atoms with Gasteiger partial charge in [0.15, 0.2) is 0 Å². The van der Waals surface area contributed by atoms with Gasteiger partial charge in [0, 0.05) is 22.3 Å². The summed E-state index contributed by atoms with van der Waals surface area (Å²) in [5.74, 6) is 13.1. The lowest BCUT2D eigenvalue weighted by atomic mass is 10.1. The van der Waals surface area contributed by atoms with Gasteiger partial charge in [-0.25, -0.2) is 0 Å². The molecule has 0 saturated carbocycles. The Balaban J connectivity index is 1.84. The van der Waals surface area contributed by atoms with Gasteiger partial charge in [0.2, 0.25) is 0 Å². The van der Waals surface area contributed by atoms with Crippen molar-refractivity contribution < 1.29 is 0 Å². The van der Waals surface area contributed by atoms with E-state index in [0.717, 1.165) is 30.4 Å². The number of benzene rings is 2. The van der Waals surface area contributed by atoms with E-state index in [9.17, 15) is 0 Å². The minimum Gasteiger partial charge on any atom is -0.0651 e. The molecule has 0 fully saturated rings. The molecule has 0 N–H and O–H groups in total. The van der Waals surface area contributed by atoms with Crippen molar-refractivity contribution in [1.82, 2.24) is 0 Å². The van der Waals surface area contributed by atoms with Crippen molar-refractivity contribution in [3.05, 3.63) is 82.9 Å². The number of rotatable bonds is 0. The van der Waals surface area contributed by atoms with Gasteiger partial charge in [0.25, 0.3) is 0 Å². The van der Waals surface area contributed by atoms with Gasteiger partial charge in [-0.15, -0.1) is 0 Å². The predicted octanol–water partition coefficient (Wildman–Crippen LogP) is 4.57. The zero-order valence-electron chi connectivity index (χ0n) is 11.9. The lowest BCUT2D eigenvalue weighted by Gasteiger charge is -1.92. The van der Waals surface area contributed by atoms with Crippen LogP contribution in [0.1, 0.15) is 30.4 Å². The summed E-state index contributed by atoms with van der Waals surface area (Å²) in [5.41, 5.74) is 4.55. The first-order valence-corrected chi connectivity index (χ1v) is 7.28. The molecule has 0 aliphatic heterocycles.